The SMILES string of the molecule is O=C(Oc1cccnc1)c1c(Cl)cccc1Cl. The number of nitrogens with zero attached hydrogens (tertiary/aromatic N) is 1. The Bertz CT molecular complexity index is 523. The topological polar surface area (TPSA) is 39.2 Å². The number of carbonyl (C=O) groups excluding carboxylic acids is 1. The van der Waals surface area contributed by atoms with Crippen LogP contribution in [0, 0.1) is 0 Å². The average Bonchev–Trinajstić information content (AvgIpc) is 2.30. The van der Waals surface area contributed by atoms with Crippen LogP contribution in [0.2, 0.25) is 10.0 Å². The molecule has 3 nitrogen and oxygen atoms in total. The standard InChI is InChI=1S/C12H7Cl2NO2/c13-9-4-1-5-10(14)11(9)12(16)17-8-3-2-6-15-7-8/h1-7H. The van der Waals surface area contributed by atoms with E-state index in [1.165, 1.54) is 6.20 Å². The molecular formula is C12H7Cl2NO2. The van der Waals surface area contributed by atoms with Crippen molar-refractivity contribution >= 4 is 29.2 Å². The van der Waals surface area contributed by atoms with Crippen molar-refractivity contribution < 1.29 is 9.53 Å². The summed E-state index contributed by atoms with van der Waals surface area (Å²) in [5.41, 5.74) is 0.152. The van der Waals surface area contributed by atoms with Gasteiger partial charge < -0.3 is 4.74 Å². The van der Waals surface area contributed by atoms with Crippen LogP contribution in [0.25, 0.3) is 0 Å². The highest BCUT2D eigenvalue weighted by Crippen LogP contribution is 2.25. The Labute approximate surface area is 108 Å². The largest absolute Gasteiger partial charge is 0.421 e. The molecule has 0 bridgehead atoms. The van der Waals surface area contributed by atoms with E-state index in [1.54, 1.807) is 36.5 Å². The van der Waals surface area contributed by atoms with E-state index in [0.29, 0.717) is 5.75 Å². The molecule has 0 fully saturated rings. The molecule has 2 aromatic rings. The van der Waals surface area contributed by atoms with Crippen molar-refractivity contribution in [3.05, 3.63) is 58.3 Å². The third-order valence-corrected chi connectivity index (χ3v) is 2.64. The molecule has 1 heterocycles. The summed E-state index contributed by atoms with van der Waals surface area (Å²) >= 11 is 11.8. The molecule has 1 aromatic carbocycles. The fourth-order valence-corrected chi connectivity index (χ4v) is 1.81. The molecule has 0 aliphatic heterocycles. The number of ether oxygens (including phenoxy) is 1. The fourth-order valence-electron chi connectivity index (χ4n) is 1.26. The van der Waals surface area contributed by atoms with Gasteiger partial charge in [0.2, 0.25) is 0 Å². The Morgan fingerprint density at radius 3 is 2.41 bits per heavy atom. The van der Waals surface area contributed by atoms with Gasteiger partial charge in [-0.2, -0.15) is 0 Å². The minimum atomic E-state index is -0.603. The highest BCUT2D eigenvalue weighted by atomic mass is 35.5. The van der Waals surface area contributed by atoms with E-state index in [9.17, 15) is 4.79 Å². The number of esters is 1. The van der Waals surface area contributed by atoms with E-state index in [2.05, 4.69) is 4.98 Å². The van der Waals surface area contributed by atoms with Crippen LogP contribution >= 0.6 is 23.2 Å². The Morgan fingerprint density at radius 1 is 1.12 bits per heavy atom. The molecule has 0 radical (unpaired) electrons. The lowest BCUT2D eigenvalue weighted by atomic mass is 10.2. The van der Waals surface area contributed by atoms with Crippen LogP contribution < -0.4 is 4.74 Å². The molecule has 0 aliphatic rings. The number of rotatable bonds is 2. The van der Waals surface area contributed by atoms with Gasteiger partial charge in [-0.25, -0.2) is 4.79 Å². The first-order valence-electron chi connectivity index (χ1n) is 4.74. The highest BCUT2D eigenvalue weighted by molar-refractivity contribution is 6.39. The van der Waals surface area contributed by atoms with E-state index < -0.39 is 5.97 Å². The molecular weight excluding hydrogens is 261 g/mol. The molecule has 17 heavy (non-hydrogen) atoms. The van der Waals surface area contributed by atoms with E-state index in [4.69, 9.17) is 27.9 Å². The number of pyridine rings is 1. The van der Waals surface area contributed by atoms with Crippen molar-refractivity contribution in [1.82, 2.24) is 4.98 Å². The van der Waals surface area contributed by atoms with Crippen LogP contribution in [0.15, 0.2) is 42.7 Å². The van der Waals surface area contributed by atoms with E-state index >= 15 is 0 Å². The first-order chi connectivity index (χ1) is 8.18. The molecule has 0 N–H and O–H groups in total. The van der Waals surface area contributed by atoms with Gasteiger partial charge in [0.05, 0.1) is 21.8 Å². The van der Waals surface area contributed by atoms with Crippen LogP contribution in [0.3, 0.4) is 0 Å². The predicted molar refractivity (Wildman–Crippen MR) is 65.7 cm³/mol. The van der Waals surface area contributed by atoms with Crippen LogP contribution in [0.5, 0.6) is 5.75 Å². The maximum Gasteiger partial charge on any atom is 0.346 e. The Morgan fingerprint density at radius 2 is 1.82 bits per heavy atom. The van der Waals surface area contributed by atoms with Gasteiger partial charge in [0.1, 0.15) is 5.75 Å². The van der Waals surface area contributed by atoms with Crippen LogP contribution in [-0.4, -0.2) is 11.0 Å². The lowest BCUT2D eigenvalue weighted by Gasteiger charge is -2.06. The second kappa shape index (κ2) is 5.17. The maximum absolute atomic E-state index is 11.8. The zero-order chi connectivity index (χ0) is 12.3. The smallest absolute Gasteiger partial charge is 0.346 e. The molecule has 0 saturated carbocycles. The van der Waals surface area contributed by atoms with E-state index in [0.717, 1.165) is 0 Å². The van der Waals surface area contributed by atoms with Gasteiger partial charge in [-0.1, -0.05) is 29.3 Å². The van der Waals surface area contributed by atoms with E-state index in [-0.39, 0.29) is 15.6 Å². The lowest BCUT2D eigenvalue weighted by Crippen LogP contribution is -2.09. The Kier molecular flexibility index (Phi) is 3.61. The summed E-state index contributed by atoms with van der Waals surface area (Å²) in [6.45, 7) is 0. The quantitative estimate of drug-likeness (QED) is 0.781. The third kappa shape index (κ3) is 2.75. The zero-order valence-corrected chi connectivity index (χ0v) is 10.1. The number of halogens is 2. The van der Waals surface area contributed by atoms with Gasteiger partial charge in [0, 0.05) is 6.20 Å². The summed E-state index contributed by atoms with van der Waals surface area (Å²) < 4.78 is 5.09. The summed E-state index contributed by atoms with van der Waals surface area (Å²) in [5, 5.41) is 0.512. The first kappa shape index (κ1) is 11.9. The van der Waals surface area contributed by atoms with Gasteiger partial charge in [-0.15, -0.1) is 0 Å². The summed E-state index contributed by atoms with van der Waals surface area (Å²) in [7, 11) is 0. The third-order valence-electron chi connectivity index (χ3n) is 2.01. The molecule has 0 unspecified atom stereocenters. The van der Waals surface area contributed by atoms with Crippen molar-refractivity contribution in [3.63, 3.8) is 0 Å². The summed E-state index contributed by atoms with van der Waals surface area (Å²) in [4.78, 5) is 15.7. The van der Waals surface area contributed by atoms with Crippen molar-refractivity contribution in [1.29, 1.82) is 0 Å². The molecule has 5 heteroatoms. The van der Waals surface area contributed by atoms with Crippen LogP contribution in [-0.2, 0) is 0 Å². The zero-order valence-electron chi connectivity index (χ0n) is 8.56. The number of carbonyl (C=O) groups is 1. The van der Waals surface area contributed by atoms with Crippen LogP contribution in [0.1, 0.15) is 10.4 Å². The summed E-state index contributed by atoms with van der Waals surface area (Å²) in [5.74, 6) is -0.262. The second-order valence-corrected chi connectivity index (χ2v) is 3.99. The lowest BCUT2D eigenvalue weighted by molar-refractivity contribution is 0.0734. The van der Waals surface area contributed by atoms with Gasteiger partial charge in [-0.3, -0.25) is 4.98 Å². The molecule has 0 saturated heterocycles. The second-order valence-electron chi connectivity index (χ2n) is 3.17. The number of hydrogen-bond acceptors (Lipinski definition) is 3. The maximum atomic E-state index is 11.8. The normalized spacial score (nSPS) is 10.0. The van der Waals surface area contributed by atoms with Crippen LogP contribution in [0.4, 0.5) is 0 Å². The number of hydrogen-bond donors (Lipinski definition) is 0. The minimum absolute atomic E-state index is 0.152. The molecule has 1 aromatic heterocycles. The van der Waals surface area contributed by atoms with Gasteiger partial charge in [0.25, 0.3) is 0 Å². The van der Waals surface area contributed by atoms with Crippen molar-refractivity contribution in [2.45, 2.75) is 0 Å². The molecule has 86 valence electrons. The van der Waals surface area contributed by atoms with Gasteiger partial charge in [0.15, 0.2) is 0 Å². The molecule has 0 spiro atoms. The fraction of sp³-hybridized carbons (Fsp3) is 0. The highest BCUT2D eigenvalue weighted by Gasteiger charge is 2.16. The van der Waals surface area contributed by atoms with E-state index in [1.807, 2.05) is 0 Å². The number of benzene rings is 1. The van der Waals surface area contributed by atoms with Gasteiger partial charge in [-0.05, 0) is 24.3 Å². The minimum Gasteiger partial charge on any atom is -0.421 e. The average molecular weight is 268 g/mol. The predicted octanol–water partition coefficient (Wildman–Crippen LogP) is 3.61. The monoisotopic (exact) mass is 267 g/mol. The molecule has 2 rings (SSSR count). The van der Waals surface area contributed by atoms with Crippen molar-refractivity contribution in [2.24, 2.45) is 0 Å². The Balaban J connectivity index is 2.27. The van der Waals surface area contributed by atoms with Crippen molar-refractivity contribution in [2.75, 3.05) is 0 Å². The molecule has 0 aliphatic carbocycles. The Hall–Kier alpha value is -1.58. The number of aromatic nitrogens is 1. The summed E-state index contributed by atoms with van der Waals surface area (Å²) in [6, 6.07) is 8.10. The van der Waals surface area contributed by atoms with Crippen molar-refractivity contribution in [3.8, 4) is 5.75 Å². The molecule has 0 amide bonds. The first-order valence-corrected chi connectivity index (χ1v) is 5.50. The van der Waals surface area contributed by atoms with Gasteiger partial charge >= 0.3 is 5.97 Å². The molecule has 0 atom stereocenters. The summed E-state index contributed by atoms with van der Waals surface area (Å²) in [6.07, 6.45) is 3.02.